The van der Waals surface area contributed by atoms with Crippen molar-refractivity contribution in [1.82, 2.24) is 9.55 Å². The summed E-state index contributed by atoms with van der Waals surface area (Å²) < 4.78 is 35.3. The fourth-order valence-electron chi connectivity index (χ4n) is 1.68. The minimum Gasteiger partial charge on any atom is -0.341 e. The number of hydrogen-bond donors (Lipinski definition) is 1. The molecule has 2 atom stereocenters. The molecule has 18 heavy (non-hydrogen) atoms. The number of aromatic nitrogens is 2. The molecule has 2 unspecified atom stereocenters. The van der Waals surface area contributed by atoms with E-state index in [1.165, 1.54) is 6.07 Å². The summed E-state index contributed by atoms with van der Waals surface area (Å²) in [4.78, 5) is 25.6. The van der Waals surface area contributed by atoms with Crippen molar-refractivity contribution in [1.29, 1.82) is 0 Å². The lowest BCUT2D eigenvalue weighted by Crippen LogP contribution is -2.34. The predicted molar refractivity (Wildman–Crippen MR) is 65.7 cm³/mol. The summed E-state index contributed by atoms with van der Waals surface area (Å²) in [6.45, 7) is 0. The number of halogens is 3. The summed E-state index contributed by atoms with van der Waals surface area (Å²) in [5, 5.41) is 0. The molecule has 2 heterocycles. The van der Waals surface area contributed by atoms with Crippen molar-refractivity contribution in [3.8, 4) is 0 Å². The van der Waals surface area contributed by atoms with Crippen molar-refractivity contribution < 1.29 is 18.3 Å². The van der Waals surface area contributed by atoms with Crippen LogP contribution in [0.15, 0.2) is 17.1 Å². The van der Waals surface area contributed by atoms with Crippen molar-refractivity contribution in [3.05, 3.63) is 22.7 Å². The zero-order valence-electron chi connectivity index (χ0n) is 8.85. The normalized spacial score (nSPS) is 25.9. The summed E-state index contributed by atoms with van der Waals surface area (Å²) >= 11 is 1.76. The molecular weight excluding hydrogens is 363 g/mol. The first kappa shape index (κ1) is 13.3. The lowest BCUT2D eigenvalue weighted by molar-refractivity contribution is -0.129. The monoisotopic (exact) mass is 371 g/mol. The van der Waals surface area contributed by atoms with E-state index in [0.717, 1.165) is 6.20 Å². The van der Waals surface area contributed by atoms with E-state index >= 15 is 0 Å². The molecule has 6 nitrogen and oxygen atoms in total. The minimum atomic E-state index is -3.28. The number of nitrogens with one attached hydrogen (secondary N) is 1. The number of aldehydes is 1. The van der Waals surface area contributed by atoms with Crippen LogP contribution in [0.5, 0.6) is 0 Å². The Hall–Kier alpha value is -1.10. The average Bonchev–Trinajstić information content (AvgIpc) is 2.64. The van der Waals surface area contributed by atoms with Crippen LogP contribution < -0.4 is 9.22 Å². The molecule has 0 saturated carbocycles. The molecule has 2 rings (SSSR count). The second-order valence-electron chi connectivity index (χ2n) is 3.73. The van der Waals surface area contributed by atoms with E-state index in [0.29, 0.717) is 10.9 Å². The van der Waals surface area contributed by atoms with Gasteiger partial charge in [0, 0.05) is 12.6 Å². The highest BCUT2D eigenvalue weighted by Crippen LogP contribution is 2.41. The van der Waals surface area contributed by atoms with E-state index in [1.807, 2.05) is 0 Å². The Kier molecular flexibility index (Phi) is 3.61. The van der Waals surface area contributed by atoms with Gasteiger partial charge in [0.25, 0.3) is 5.92 Å². The molecule has 1 aromatic rings. The molecule has 1 N–H and O–H groups in total. The van der Waals surface area contributed by atoms with Crippen LogP contribution in [0.1, 0.15) is 12.6 Å². The van der Waals surface area contributed by atoms with Gasteiger partial charge in [0.15, 0.2) is 0 Å². The van der Waals surface area contributed by atoms with Gasteiger partial charge in [0.2, 0.25) is 6.23 Å². The van der Waals surface area contributed by atoms with Gasteiger partial charge in [-0.15, -0.1) is 0 Å². The average molecular weight is 371 g/mol. The standard InChI is InChI=1S/C9H8F2IN3O3/c10-9(11)3-5(4-16)18-7(9)15-2-1-6(14-12)13-8(15)17/h1-2,4-5,7H,3H2,(H,13,14,17). The maximum Gasteiger partial charge on any atom is 0.351 e. The molecule has 1 aliphatic rings. The van der Waals surface area contributed by atoms with Gasteiger partial charge < -0.3 is 13.1 Å². The van der Waals surface area contributed by atoms with Crippen molar-refractivity contribution in [2.24, 2.45) is 0 Å². The SMILES string of the molecule is O=CC1CC(F)(F)C(n2ccc(NI)nc2=O)O1. The first-order valence-corrected chi connectivity index (χ1v) is 6.00. The number of anilines is 1. The Labute approximate surface area is 114 Å². The molecule has 0 bridgehead atoms. The fourth-order valence-corrected chi connectivity index (χ4v) is 1.98. The van der Waals surface area contributed by atoms with Crippen LogP contribution in [-0.2, 0) is 9.53 Å². The van der Waals surface area contributed by atoms with E-state index in [9.17, 15) is 18.4 Å². The Bertz CT molecular complexity index is 522. The van der Waals surface area contributed by atoms with Crippen LogP contribution in [0.4, 0.5) is 14.6 Å². The largest absolute Gasteiger partial charge is 0.351 e. The van der Waals surface area contributed by atoms with Crippen LogP contribution in [0.2, 0.25) is 0 Å². The molecule has 1 saturated heterocycles. The Balaban J connectivity index is 2.37. The fraction of sp³-hybridized carbons (Fsp3) is 0.444. The smallest absolute Gasteiger partial charge is 0.341 e. The van der Waals surface area contributed by atoms with Crippen LogP contribution >= 0.6 is 22.9 Å². The molecule has 0 aliphatic carbocycles. The Morgan fingerprint density at radius 1 is 1.67 bits per heavy atom. The number of ether oxygens (including phenoxy) is 1. The first-order chi connectivity index (χ1) is 8.47. The van der Waals surface area contributed by atoms with Crippen LogP contribution in [-0.4, -0.2) is 27.9 Å². The van der Waals surface area contributed by atoms with E-state index in [-0.39, 0.29) is 5.82 Å². The van der Waals surface area contributed by atoms with Gasteiger partial charge in [-0.2, -0.15) is 4.98 Å². The van der Waals surface area contributed by atoms with Crippen LogP contribution in [0.25, 0.3) is 0 Å². The molecule has 1 aromatic heterocycles. The highest BCUT2D eigenvalue weighted by Gasteiger charge is 2.51. The predicted octanol–water partition coefficient (Wildman–Crippen LogP) is 1.13. The van der Waals surface area contributed by atoms with E-state index in [1.54, 1.807) is 22.9 Å². The number of carbonyl (C=O) groups excluding carboxylic acids is 1. The van der Waals surface area contributed by atoms with Crippen molar-refractivity contribution in [3.63, 3.8) is 0 Å². The number of nitrogens with zero attached hydrogens (tertiary/aromatic N) is 2. The zero-order valence-corrected chi connectivity index (χ0v) is 11.0. The third-order valence-corrected chi connectivity index (χ3v) is 3.02. The second-order valence-corrected chi connectivity index (χ2v) is 4.26. The molecule has 98 valence electrons. The van der Waals surface area contributed by atoms with E-state index < -0.39 is 30.4 Å². The van der Waals surface area contributed by atoms with Crippen LogP contribution in [0.3, 0.4) is 0 Å². The number of carbonyl (C=O) groups is 1. The molecule has 1 aliphatic heterocycles. The number of rotatable bonds is 3. The highest BCUT2D eigenvalue weighted by molar-refractivity contribution is 14.1. The highest BCUT2D eigenvalue weighted by atomic mass is 127. The second kappa shape index (κ2) is 4.88. The van der Waals surface area contributed by atoms with Crippen molar-refractivity contribution in [2.75, 3.05) is 3.53 Å². The molecule has 0 radical (unpaired) electrons. The van der Waals surface area contributed by atoms with E-state index in [4.69, 9.17) is 4.74 Å². The van der Waals surface area contributed by atoms with Gasteiger partial charge in [-0.05, 0) is 6.07 Å². The lowest BCUT2D eigenvalue weighted by atomic mass is 10.2. The first-order valence-electron chi connectivity index (χ1n) is 4.92. The molecule has 1 fully saturated rings. The maximum atomic E-state index is 13.6. The number of hydrogen-bond acceptors (Lipinski definition) is 5. The molecule has 0 amide bonds. The molecule has 9 heteroatoms. The van der Waals surface area contributed by atoms with Gasteiger partial charge in [-0.25, -0.2) is 13.6 Å². The maximum absolute atomic E-state index is 13.6. The summed E-state index contributed by atoms with van der Waals surface area (Å²) in [5.41, 5.74) is -0.868. The van der Waals surface area contributed by atoms with Gasteiger partial charge in [0.1, 0.15) is 18.2 Å². The summed E-state index contributed by atoms with van der Waals surface area (Å²) in [7, 11) is 0. The zero-order chi connectivity index (χ0) is 13.3. The quantitative estimate of drug-likeness (QED) is 0.490. The third kappa shape index (κ3) is 2.36. The summed E-state index contributed by atoms with van der Waals surface area (Å²) in [6, 6.07) is 1.36. The van der Waals surface area contributed by atoms with Gasteiger partial charge >= 0.3 is 5.69 Å². The van der Waals surface area contributed by atoms with Crippen LogP contribution in [0, 0.1) is 0 Å². The topological polar surface area (TPSA) is 73.2 Å². The van der Waals surface area contributed by atoms with E-state index in [2.05, 4.69) is 8.51 Å². The number of alkyl halides is 2. The summed E-state index contributed by atoms with van der Waals surface area (Å²) in [6.07, 6.45) is -2.29. The van der Waals surface area contributed by atoms with Gasteiger partial charge in [0.05, 0.1) is 22.9 Å². The molecule has 0 spiro atoms. The van der Waals surface area contributed by atoms with Gasteiger partial charge in [-0.3, -0.25) is 4.57 Å². The summed E-state index contributed by atoms with van der Waals surface area (Å²) in [5.74, 6) is -3.03. The van der Waals surface area contributed by atoms with Gasteiger partial charge in [-0.1, -0.05) is 0 Å². The minimum absolute atomic E-state index is 0.255. The molecule has 0 aromatic carbocycles. The van der Waals surface area contributed by atoms with Crippen molar-refractivity contribution in [2.45, 2.75) is 24.7 Å². The molecular formula is C9H8F2IN3O3. The Morgan fingerprint density at radius 3 is 2.89 bits per heavy atom. The third-order valence-electron chi connectivity index (χ3n) is 2.47. The lowest BCUT2D eigenvalue weighted by Gasteiger charge is -2.19. The Morgan fingerprint density at radius 2 is 2.39 bits per heavy atom. The van der Waals surface area contributed by atoms with Crippen molar-refractivity contribution >= 4 is 35.0 Å².